The Hall–Kier alpha value is -1.67. The van der Waals surface area contributed by atoms with E-state index in [4.69, 9.17) is 4.74 Å². The van der Waals surface area contributed by atoms with Crippen molar-refractivity contribution in [3.63, 3.8) is 0 Å². The van der Waals surface area contributed by atoms with Gasteiger partial charge in [0.05, 0.1) is 30.1 Å². The van der Waals surface area contributed by atoms with E-state index in [1.165, 1.54) is 4.90 Å². The van der Waals surface area contributed by atoms with E-state index in [9.17, 15) is 19.5 Å². The molecule has 3 rings (SSSR count). The van der Waals surface area contributed by atoms with Crippen LogP contribution in [0.15, 0.2) is 0 Å². The number of likely N-dealkylation sites (tertiary alicyclic amines) is 1. The van der Waals surface area contributed by atoms with Crippen LogP contribution >= 0.6 is 0 Å². The first kappa shape index (κ1) is 22.0. The maximum absolute atomic E-state index is 13.5. The van der Waals surface area contributed by atoms with Gasteiger partial charge in [-0.15, -0.1) is 0 Å². The minimum atomic E-state index is -1.01. The zero-order valence-corrected chi connectivity index (χ0v) is 18.0. The molecule has 0 aromatic heterocycles. The number of ether oxygens (including phenoxy) is 1. The summed E-state index contributed by atoms with van der Waals surface area (Å²) < 4.78 is 6.45. The molecule has 0 radical (unpaired) electrons. The first-order chi connectivity index (χ1) is 13.8. The molecule has 6 atom stereocenters. The Morgan fingerprint density at radius 3 is 2.52 bits per heavy atom. The van der Waals surface area contributed by atoms with Gasteiger partial charge in [-0.05, 0) is 39.5 Å². The van der Waals surface area contributed by atoms with E-state index in [1.807, 2.05) is 20.8 Å². The van der Waals surface area contributed by atoms with Gasteiger partial charge in [0.2, 0.25) is 17.7 Å². The van der Waals surface area contributed by atoms with E-state index in [-0.39, 0.29) is 24.3 Å². The first-order valence-corrected chi connectivity index (χ1v) is 11.0. The summed E-state index contributed by atoms with van der Waals surface area (Å²) >= 11 is 0. The number of amides is 3. The number of fused-ring (bicyclic) bond motifs is 1. The van der Waals surface area contributed by atoms with Crippen LogP contribution in [0, 0.1) is 11.8 Å². The van der Waals surface area contributed by atoms with E-state index >= 15 is 0 Å². The number of nitrogens with one attached hydrogen (secondary N) is 2. The van der Waals surface area contributed by atoms with Crippen LogP contribution in [0.25, 0.3) is 0 Å². The summed E-state index contributed by atoms with van der Waals surface area (Å²) in [5.74, 6) is -2.03. The monoisotopic (exact) mass is 409 g/mol. The summed E-state index contributed by atoms with van der Waals surface area (Å²) in [7, 11) is 0. The van der Waals surface area contributed by atoms with Crippen molar-refractivity contribution in [3.05, 3.63) is 0 Å². The summed E-state index contributed by atoms with van der Waals surface area (Å²) in [5.41, 5.74) is -1.77. The quantitative estimate of drug-likeness (QED) is 0.483. The average molecular weight is 410 g/mol. The number of hydrogen-bond acceptors (Lipinski definition) is 5. The second-order valence-corrected chi connectivity index (χ2v) is 8.94. The van der Waals surface area contributed by atoms with E-state index in [1.54, 1.807) is 6.92 Å². The fourth-order valence-electron chi connectivity index (χ4n) is 5.47. The van der Waals surface area contributed by atoms with E-state index in [2.05, 4.69) is 10.6 Å². The van der Waals surface area contributed by atoms with Gasteiger partial charge in [0.15, 0.2) is 0 Å². The third kappa shape index (κ3) is 3.34. The van der Waals surface area contributed by atoms with Crippen LogP contribution in [0.4, 0.5) is 0 Å². The highest BCUT2D eigenvalue weighted by atomic mass is 16.5. The third-order valence-electron chi connectivity index (χ3n) is 6.86. The normalized spacial score (nSPS) is 36.2. The molecule has 1 spiro atoms. The van der Waals surface area contributed by atoms with Crippen LogP contribution < -0.4 is 10.6 Å². The predicted molar refractivity (Wildman–Crippen MR) is 107 cm³/mol. The lowest BCUT2D eigenvalue weighted by atomic mass is 9.66. The molecule has 8 heteroatoms. The molecule has 8 nitrogen and oxygen atoms in total. The molecular weight excluding hydrogens is 374 g/mol. The highest BCUT2D eigenvalue weighted by Gasteiger charge is 2.78. The predicted octanol–water partition coefficient (Wildman–Crippen LogP) is 0.574. The van der Waals surface area contributed by atoms with Crippen molar-refractivity contribution in [1.29, 1.82) is 0 Å². The Bertz CT molecular complexity index is 671. The summed E-state index contributed by atoms with van der Waals surface area (Å²) in [5, 5.41) is 15.6. The Balaban J connectivity index is 1.98. The molecule has 3 fully saturated rings. The smallest absolute Gasteiger partial charge is 0.245 e. The van der Waals surface area contributed by atoms with Crippen LogP contribution in [0.2, 0.25) is 0 Å². The lowest BCUT2D eigenvalue weighted by Crippen LogP contribution is -2.57. The van der Waals surface area contributed by atoms with Crippen molar-refractivity contribution >= 4 is 17.7 Å². The number of carbonyl (C=O) groups excluding carboxylic acids is 3. The number of rotatable bonds is 9. The molecule has 0 aromatic rings. The number of hydrogen-bond donors (Lipinski definition) is 3. The number of aliphatic hydroxyl groups is 1. The Morgan fingerprint density at radius 2 is 1.90 bits per heavy atom. The number of carbonyl (C=O) groups is 3. The second-order valence-electron chi connectivity index (χ2n) is 8.94. The lowest BCUT2D eigenvalue weighted by Gasteiger charge is -2.35. The topological polar surface area (TPSA) is 108 Å². The molecule has 164 valence electrons. The van der Waals surface area contributed by atoms with Crippen LogP contribution in [0.3, 0.4) is 0 Å². The van der Waals surface area contributed by atoms with Crippen molar-refractivity contribution in [3.8, 4) is 0 Å². The van der Waals surface area contributed by atoms with Gasteiger partial charge in [-0.1, -0.05) is 20.3 Å². The van der Waals surface area contributed by atoms with Gasteiger partial charge >= 0.3 is 0 Å². The van der Waals surface area contributed by atoms with Crippen molar-refractivity contribution in [2.75, 3.05) is 19.7 Å². The molecule has 3 saturated heterocycles. The number of unbranched alkanes of at least 4 members (excludes halogenated alkanes) is 1. The molecule has 3 amide bonds. The van der Waals surface area contributed by atoms with Crippen molar-refractivity contribution in [2.45, 2.75) is 83.1 Å². The highest BCUT2D eigenvalue weighted by Crippen LogP contribution is 2.63. The van der Waals surface area contributed by atoms with Gasteiger partial charge < -0.3 is 25.4 Å². The van der Waals surface area contributed by atoms with Crippen LogP contribution in [-0.4, -0.2) is 70.7 Å². The average Bonchev–Trinajstić information content (AvgIpc) is 3.26. The van der Waals surface area contributed by atoms with Gasteiger partial charge in [-0.25, -0.2) is 0 Å². The Labute approximate surface area is 172 Å². The van der Waals surface area contributed by atoms with E-state index in [0.29, 0.717) is 25.9 Å². The maximum Gasteiger partial charge on any atom is 0.245 e. The van der Waals surface area contributed by atoms with Crippen molar-refractivity contribution < 1.29 is 24.2 Å². The Morgan fingerprint density at radius 1 is 1.21 bits per heavy atom. The lowest BCUT2D eigenvalue weighted by molar-refractivity contribution is -0.149. The highest BCUT2D eigenvalue weighted by molar-refractivity contribution is 5.99. The standard InChI is InChI=1S/C21H35N3O5/c1-5-7-11-23-18(27)16-21-9-8-20(4,29-21)14(17(26)22-10-6-2)15(21)19(28)24(16)13(3)12-25/h13-16,25H,5-12H2,1-4H3,(H,22,26)(H,23,27)/t13-,14-,15+,16?,20+,21?/m1/s1. The summed E-state index contributed by atoms with van der Waals surface area (Å²) in [6, 6.07) is -1.36. The van der Waals surface area contributed by atoms with Gasteiger partial charge in [0.1, 0.15) is 11.6 Å². The van der Waals surface area contributed by atoms with Crippen molar-refractivity contribution in [2.24, 2.45) is 11.8 Å². The Kier molecular flexibility index (Phi) is 6.24. The molecule has 0 saturated carbocycles. The zero-order valence-electron chi connectivity index (χ0n) is 18.0. The van der Waals surface area contributed by atoms with Gasteiger partial charge in [0.25, 0.3) is 0 Å². The molecule has 0 aromatic carbocycles. The molecule has 2 bridgehead atoms. The molecule has 29 heavy (non-hydrogen) atoms. The fraction of sp³-hybridized carbons (Fsp3) is 0.857. The fourth-order valence-corrected chi connectivity index (χ4v) is 5.47. The zero-order chi connectivity index (χ0) is 21.4. The van der Waals surface area contributed by atoms with Crippen LogP contribution in [0.5, 0.6) is 0 Å². The number of aliphatic hydroxyl groups excluding tert-OH is 1. The minimum absolute atomic E-state index is 0.182. The summed E-state index contributed by atoms with van der Waals surface area (Å²) in [6.45, 7) is 8.44. The SMILES string of the molecule is CCCCNC(=O)C1N([C@H](C)CO)C(=O)[C@@H]2[C@H](C(=O)NCCC)[C@]3(C)CCC12O3. The minimum Gasteiger partial charge on any atom is -0.394 e. The summed E-state index contributed by atoms with van der Waals surface area (Å²) in [6.07, 6.45) is 3.77. The molecule has 0 aliphatic carbocycles. The van der Waals surface area contributed by atoms with Crippen molar-refractivity contribution in [1.82, 2.24) is 15.5 Å². The molecule has 3 N–H and O–H groups in total. The maximum atomic E-state index is 13.5. The second kappa shape index (κ2) is 8.22. The van der Waals surface area contributed by atoms with Gasteiger partial charge in [-0.3, -0.25) is 14.4 Å². The number of nitrogens with zero attached hydrogens (tertiary/aromatic N) is 1. The molecule has 2 unspecified atom stereocenters. The van der Waals surface area contributed by atoms with E-state index in [0.717, 1.165) is 19.3 Å². The summed E-state index contributed by atoms with van der Waals surface area (Å²) in [4.78, 5) is 41.2. The third-order valence-corrected chi connectivity index (χ3v) is 6.86. The first-order valence-electron chi connectivity index (χ1n) is 11.0. The van der Waals surface area contributed by atoms with Gasteiger partial charge in [-0.2, -0.15) is 0 Å². The largest absolute Gasteiger partial charge is 0.394 e. The van der Waals surface area contributed by atoms with Gasteiger partial charge in [0, 0.05) is 13.1 Å². The van der Waals surface area contributed by atoms with E-state index < -0.39 is 35.1 Å². The van der Waals surface area contributed by atoms with Crippen LogP contribution in [0.1, 0.15) is 59.8 Å². The molecular formula is C21H35N3O5. The molecule has 3 aliphatic heterocycles. The molecule has 3 heterocycles. The van der Waals surface area contributed by atoms with Crippen LogP contribution in [-0.2, 0) is 19.1 Å². The molecule has 3 aliphatic rings.